The number of carbonyl (C=O) groups is 1. The van der Waals surface area contributed by atoms with Crippen molar-refractivity contribution in [2.45, 2.75) is 31.5 Å². The summed E-state index contributed by atoms with van der Waals surface area (Å²) in [4.78, 5) is 13.2. The molecule has 0 aromatic heterocycles. The van der Waals surface area contributed by atoms with E-state index in [0.29, 0.717) is 35.7 Å². The van der Waals surface area contributed by atoms with Gasteiger partial charge in [-0.15, -0.1) is 0 Å². The number of hydrogen-bond acceptors (Lipinski definition) is 4. The molecule has 26 heavy (non-hydrogen) atoms. The van der Waals surface area contributed by atoms with Gasteiger partial charge in [-0.3, -0.25) is 4.79 Å². The first-order valence-corrected chi connectivity index (χ1v) is 8.17. The van der Waals surface area contributed by atoms with Gasteiger partial charge in [-0.25, -0.2) is 0 Å². The van der Waals surface area contributed by atoms with Gasteiger partial charge in [0.05, 0.1) is 21.3 Å². The van der Waals surface area contributed by atoms with Gasteiger partial charge >= 0.3 is 6.18 Å². The predicted octanol–water partition coefficient (Wildman–Crippen LogP) is 3.67. The second-order valence-electron chi connectivity index (χ2n) is 5.88. The molecule has 1 saturated heterocycles. The van der Waals surface area contributed by atoms with Crippen molar-refractivity contribution in [3.05, 3.63) is 23.8 Å². The van der Waals surface area contributed by atoms with E-state index in [1.54, 1.807) is 12.1 Å². The summed E-state index contributed by atoms with van der Waals surface area (Å²) in [6.45, 7) is 0.0998. The molecule has 0 aliphatic carbocycles. The van der Waals surface area contributed by atoms with Crippen LogP contribution in [0.3, 0.4) is 0 Å². The lowest BCUT2D eigenvalue weighted by Crippen LogP contribution is -2.50. The van der Waals surface area contributed by atoms with Crippen LogP contribution in [0.5, 0.6) is 17.2 Å². The Kier molecular flexibility index (Phi) is 6.39. The van der Waals surface area contributed by atoms with Crippen molar-refractivity contribution in [2.24, 2.45) is 0 Å². The van der Waals surface area contributed by atoms with Gasteiger partial charge in [0.2, 0.25) is 11.7 Å². The molecule has 0 bridgehead atoms. The molecule has 1 atom stereocenters. The Morgan fingerprint density at radius 3 is 2.23 bits per heavy atom. The quantitative estimate of drug-likeness (QED) is 0.739. The molecule has 1 unspecified atom stereocenters. The lowest BCUT2D eigenvalue weighted by molar-refractivity contribution is -0.193. The summed E-state index contributed by atoms with van der Waals surface area (Å²) in [6, 6.07) is 1.50. The Bertz CT molecular complexity index is 648. The third-order valence-corrected chi connectivity index (χ3v) is 4.27. The molecule has 144 valence electrons. The standard InChI is InChI=1S/C18H22F3NO4/c1-24-13-10-12(11-14(25-2)17(13)26-3)7-8-16(23)22-9-5-4-6-15(22)18(19,20)21/h7-8,10-11,15H,4-6,9H2,1-3H3/b8-7+. The van der Waals surface area contributed by atoms with Crippen molar-refractivity contribution < 1.29 is 32.2 Å². The van der Waals surface area contributed by atoms with Crippen LogP contribution < -0.4 is 14.2 Å². The number of alkyl halides is 3. The number of rotatable bonds is 5. The first kappa shape index (κ1) is 19.9. The highest BCUT2D eigenvalue weighted by molar-refractivity contribution is 5.92. The fourth-order valence-corrected chi connectivity index (χ4v) is 3.00. The highest BCUT2D eigenvalue weighted by Crippen LogP contribution is 2.38. The number of amides is 1. The van der Waals surface area contributed by atoms with Gasteiger partial charge in [0.1, 0.15) is 6.04 Å². The number of hydrogen-bond donors (Lipinski definition) is 0. The Hall–Kier alpha value is -2.38. The SMILES string of the molecule is COc1cc(/C=C/C(=O)N2CCCCC2C(F)(F)F)cc(OC)c1OC. The fraction of sp³-hybridized carbons (Fsp3) is 0.500. The third-order valence-electron chi connectivity index (χ3n) is 4.27. The minimum atomic E-state index is -4.42. The van der Waals surface area contributed by atoms with Gasteiger partial charge in [-0.2, -0.15) is 13.2 Å². The van der Waals surface area contributed by atoms with Crippen LogP contribution in [-0.4, -0.2) is 50.9 Å². The largest absolute Gasteiger partial charge is 0.493 e. The Labute approximate surface area is 150 Å². The van der Waals surface area contributed by atoms with E-state index in [1.165, 1.54) is 27.4 Å². The Balaban J connectivity index is 2.24. The monoisotopic (exact) mass is 373 g/mol. The summed E-state index contributed by atoms with van der Waals surface area (Å²) in [6.07, 6.45) is -0.871. The number of ether oxygens (including phenoxy) is 3. The topological polar surface area (TPSA) is 48.0 Å². The summed E-state index contributed by atoms with van der Waals surface area (Å²) in [5.74, 6) is 0.516. The molecular formula is C18H22F3NO4. The molecule has 1 aromatic carbocycles. The maximum Gasteiger partial charge on any atom is 0.408 e. The summed E-state index contributed by atoms with van der Waals surface area (Å²) in [5.41, 5.74) is 0.549. The Morgan fingerprint density at radius 1 is 1.12 bits per heavy atom. The summed E-state index contributed by atoms with van der Waals surface area (Å²) in [5, 5.41) is 0. The van der Waals surface area contributed by atoms with E-state index >= 15 is 0 Å². The molecule has 0 spiro atoms. The molecule has 1 aliphatic rings. The van der Waals surface area contributed by atoms with E-state index in [4.69, 9.17) is 14.2 Å². The molecule has 1 amide bonds. The number of carbonyl (C=O) groups excluding carboxylic acids is 1. The summed E-state index contributed by atoms with van der Waals surface area (Å²) < 4.78 is 55.0. The molecule has 0 N–H and O–H groups in total. The number of halogens is 3. The molecule has 2 rings (SSSR count). The van der Waals surface area contributed by atoms with Crippen LogP contribution in [0.1, 0.15) is 24.8 Å². The minimum absolute atomic E-state index is 0.0622. The molecule has 8 heteroatoms. The maximum absolute atomic E-state index is 13.1. The van der Waals surface area contributed by atoms with E-state index in [2.05, 4.69) is 0 Å². The first-order valence-electron chi connectivity index (χ1n) is 8.17. The van der Waals surface area contributed by atoms with Crippen LogP contribution in [0.25, 0.3) is 6.08 Å². The van der Waals surface area contributed by atoms with Gasteiger partial charge in [-0.1, -0.05) is 0 Å². The normalized spacial score (nSPS) is 18.1. The number of nitrogens with zero attached hydrogens (tertiary/aromatic N) is 1. The van der Waals surface area contributed by atoms with Gasteiger partial charge < -0.3 is 19.1 Å². The molecule has 0 radical (unpaired) electrons. The molecule has 1 aromatic rings. The smallest absolute Gasteiger partial charge is 0.408 e. The van der Waals surface area contributed by atoms with Gasteiger partial charge in [-0.05, 0) is 43.0 Å². The second-order valence-corrected chi connectivity index (χ2v) is 5.88. The van der Waals surface area contributed by atoms with Crippen molar-refractivity contribution in [3.8, 4) is 17.2 Å². The van der Waals surface area contributed by atoms with E-state index in [0.717, 1.165) is 11.0 Å². The van der Waals surface area contributed by atoms with Crippen molar-refractivity contribution in [1.82, 2.24) is 4.90 Å². The van der Waals surface area contributed by atoms with Crippen LogP contribution in [-0.2, 0) is 4.79 Å². The molecule has 5 nitrogen and oxygen atoms in total. The summed E-state index contributed by atoms with van der Waals surface area (Å²) in [7, 11) is 4.38. The zero-order valence-corrected chi connectivity index (χ0v) is 14.9. The Morgan fingerprint density at radius 2 is 1.73 bits per heavy atom. The molecule has 1 aliphatic heterocycles. The third kappa shape index (κ3) is 4.42. The fourth-order valence-electron chi connectivity index (χ4n) is 3.00. The lowest BCUT2D eigenvalue weighted by Gasteiger charge is -2.36. The van der Waals surface area contributed by atoms with E-state index in [9.17, 15) is 18.0 Å². The zero-order valence-electron chi connectivity index (χ0n) is 14.9. The number of likely N-dealkylation sites (tertiary alicyclic amines) is 1. The molecule has 1 heterocycles. The van der Waals surface area contributed by atoms with Gasteiger partial charge in [0.25, 0.3) is 0 Å². The number of methoxy groups -OCH3 is 3. The van der Waals surface area contributed by atoms with Gasteiger partial charge in [0.15, 0.2) is 11.5 Å². The lowest BCUT2D eigenvalue weighted by atomic mass is 10.0. The number of benzene rings is 1. The number of piperidine rings is 1. The molecule has 0 saturated carbocycles. The van der Waals surface area contributed by atoms with E-state index < -0.39 is 18.1 Å². The average Bonchev–Trinajstić information content (AvgIpc) is 2.64. The van der Waals surface area contributed by atoms with Crippen LogP contribution in [0, 0.1) is 0 Å². The summed E-state index contributed by atoms with van der Waals surface area (Å²) >= 11 is 0. The van der Waals surface area contributed by atoms with Crippen LogP contribution in [0.4, 0.5) is 13.2 Å². The molecule has 1 fully saturated rings. The highest BCUT2D eigenvalue weighted by atomic mass is 19.4. The minimum Gasteiger partial charge on any atom is -0.493 e. The van der Waals surface area contributed by atoms with Gasteiger partial charge in [0, 0.05) is 12.6 Å². The predicted molar refractivity (Wildman–Crippen MR) is 90.5 cm³/mol. The van der Waals surface area contributed by atoms with E-state index in [1.807, 2.05) is 0 Å². The van der Waals surface area contributed by atoms with Crippen LogP contribution in [0.2, 0.25) is 0 Å². The van der Waals surface area contributed by atoms with Crippen LogP contribution >= 0.6 is 0 Å². The van der Waals surface area contributed by atoms with Crippen LogP contribution in [0.15, 0.2) is 18.2 Å². The zero-order chi connectivity index (χ0) is 19.3. The van der Waals surface area contributed by atoms with Crippen molar-refractivity contribution >= 4 is 12.0 Å². The van der Waals surface area contributed by atoms with E-state index in [-0.39, 0.29) is 13.0 Å². The second kappa shape index (κ2) is 8.33. The highest BCUT2D eigenvalue weighted by Gasteiger charge is 2.45. The van der Waals surface area contributed by atoms with Crippen molar-refractivity contribution in [3.63, 3.8) is 0 Å². The van der Waals surface area contributed by atoms with Crippen molar-refractivity contribution in [1.29, 1.82) is 0 Å². The van der Waals surface area contributed by atoms with Crippen molar-refractivity contribution in [2.75, 3.05) is 27.9 Å². The first-order chi connectivity index (χ1) is 12.3. The average molecular weight is 373 g/mol. The maximum atomic E-state index is 13.1. The molecular weight excluding hydrogens is 351 g/mol.